The fraction of sp³-hybridized carbons (Fsp3) is 1.00. The van der Waals surface area contributed by atoms with Gasteiger partial charge in [-0.2, -0.15) is 0 Å². The van der Waals surface area contributed by atoms with Crippen LogP contribution in [0.1, 0.15) is 77.0 Å². The second-order valence-electron chi connectivity index (χ2n) is 7.03. The summed E-state index contributed by atoms with van der Waals surface area (Å²) in [4.78, 5) is 0. The molecule has 0 aromatic heterocycles. The summed E-state index contributed by atoms with van der Waals surface area (Å²) in [7, 11) is 0. The molecule has 0 saturated carbocycles. The van der Waals surface area contributed by atoms with Crippen LogP contribution < -0.4 is 0 Å². The van der Waals surface area contributed by atoms with Gasteiger partial charge in [-0.1, -0.05) is 0 Å². The Hall–Kier alpha value is 0.394. The standard InChI is InChI=1S/4C5H11O2.Ti/c4*6-4-2-1-3-5-7;/h4*6H,1-5H2;/q4*-1;+4. The number of hydrogen-bond acceptors (Lipinski definition) is 8. The van der Waals surface area contributed by atoms with Gasteiger partial charge < -0.3 is 0 Å². The average Bonchev–Trinajstić information content (AvgIpc) is 2.73. The molecule has 4 N–H and O–H groups in total. The van der Waals surface area contributed by atoms with Crippen molar-refractivity contribution in [3.8, 4) is 0 Å². The van der Waals surface area contributed by atoms with Crippen LogP contribution in [0.15, 0.2) is 0 Å². The van der Waals surface area contributed by atoms with Crippen molar-refractivity contribution in [3.05, 3.63) is 0 Å². The van der Waals surface area contributed by atoms with Gasteiger partial charge in [0.25, 0.3) is 0 Å². The molecule has 0 aromatic rings. The Balaban J connectivity index is 4.69. The molecule has 0 radical (unpaired) electrons. The van der Waals surface area contributed by atoms with Crippen LogP contribution in [-0.4, -0.2) is 73.3 Å². The quantitative estimate of drug-likeness (QED) is 0.128. The van der Waals surface area contributed by atoms with Gasteiger partial charge in [0.05, 0.1) is 0 Å². The second kappa shape index (κ2) is 23.1. The van der Waals surface area contributed by atoms with Crippen LogP contribution in [0.2, 0.25) is 0 Å². The van der Waals surface area contributed by atoms with Crippen molar-refractivity contribution in [2.24, 2.45) is 0 Å². The van der Waals surface area contributed by atoms with E-state index in [1.165, 1.54) is 0 Å². The molecule has 0 aliphatic rings. The molecule has 0 fully saturated rings. The zero-order chi connectivity index (χ0) is 21.5. The van der Waals surface area contributed by atoms with Gasteiger partial charge in [-0.3, -0.25) is 0 Å². The predicted octanol–water partition coefficient (Wildman–Crippen LogP) is 2.52. The molecule has 0 aliphatic heterocycles. The first-order chi connectivity index (χ1) is 14.2. The zero-order valence-corrected chi connectivity index (χ0v) is 19.6. The minimum atomic E-state index is -3.89. The third-order valence-corrected chi connectivity index (χ3v) is 7.81. The zero-order valence-electron chi connectivity index (χ0n) is 18.1. The van der Waals surface area contributed by atoms with E-state index < -0.39 is 18.1 Å². The van der Waals surface area contributed by atoms with E-state index in [1.807, 2.05) is 0 Å². The van der Waals surface area contributed by atoms with Crippen molar-refractivity contribution < 1.29 is 51.8 Å². The molecule has 0 aliphatic carbocycles. The molecule has 0 heterocycles. The summed E-state index contributed by atoms with van der Waals surface area (Å²) in [6, 6.07) is 0. The van der Waals surface area contributed by atoms with E-state index in [9.17, 15) is 0 Å². The number of hydrogen-bond donors (Lipinski definition) is 4. The Bertz CT molecular complexity index is 261. The van der Waals surface area contributed by atoms with Gasteiger partial charge in [0.2, 0.25) is 0 Å². The summed E-state index contributed by atoms with van der Waals surface area (Å²) in [5.74, 6) is 0. The minimum absolute atomic E-state index is 0.177. The number of rotatable bonds is 24. The number of aliphatic hydroxyl groups is 4. The molecule has 0 spiro atoms. The molecule has 29 heavy (non-hydrogen) atoms. The van der Waals surface area contributed by atoms with E-state index in [2.05, 4.69) is 0 Å². The van der Waals surface area contributed by atoms with Crippen LogP contribution in [0.25, 0.3) is 0 Å². The fourth-order valence-electron chi connectivity index (χ4n) is 2.60. The topological polar surface area (TPSA) is 118 Å². The Morgan fingerprint density at radius 2 is 0.586 bits per heavy atom. The number of aliphatic hydroxyl groups excluding tert-OH is 4. The molecule has 0 saturated heterocycles. The fourth-order valence-corrected chi connectivity index (χ4v) is 5.85. The predicted molar refractivity (Wildman–Crippen MR) is 108 cm³/mol. The molecular formula is C20H44O8Ti. The third kappa shape index (κ3) is 18.9. The number of unbranched alkanes of at least 4 members (excludes halogenated alkanes) is 8. The molecule has 0 rings (SSSR count). The van der Waals surface area contributed by atoms with Gasteiger partial charge in [0.1, 0.15) is 0 Å². The SMILES string of the molecule is OCCCCC[O][Ti]([O]CCCCCO)([O]CCCCCO)[O]CCCCCO. The molecule has 0 atom stereocenters. The Morgan fingerprint density at radius 1 is 0.345 bits per heavy atom. The van der Waals surface area contributed by atoms with E-state index in [-0.39, 0.29) is 26.4 Å². The molecule has 9 heteroatoms. The van der Waals surface area contributed by atoms with Crippen LogP contribution in [-0.2, 0) is 31.4 Å². The van der Waals surface area contributed by atoms with E-state index in [1.54, 1.807) is 0 Å². The molecule has 176 valence electrons. The van der Waals surface area contributed by atoms with E-state index in [0.717, 1.165) is 77.0 Å². The first kappa shape index (κ1) is 29.4. The van der Waals surface area contributed by atoms with Crippen molar-refractivity contribution >= 4 is 0 Å². The first-order valence-electron chi connectivity index (χ1n) is 11.2. The van der Waals surface area contributed by atoms with E-state index in [0.29, 0.717) is 26.4 Å². The third-order valence-electron chi connectivity index (χ3n) is 4.33. The normalized spacial score (nSPS) is 12.0. The van der Waals surface area contributed by atoms with Gasteiger partial charge in [-0.05, 0) is 0 Å². The van der Waals surface area contributed by atoms with Gasteiger partial charge in [-0.25, -0.2) is 0 Å². The summed E-state index contributed by atoms with van der Waals surface area (Å²) < 4.78 is 24.3. The van der Waals surface area contributed by atoms with Crippen molar-refractivity contribution in [2.75, 3.05) is 52.9 Å². The van der Waals surface area contributed by atoms with Crippen molar-refractivity contribution in [3.63, 3.8) is 0 Å². The van der Waals surface area contributed by atoms with Gasteiger partial charge in [0.15, 0.2) is 0 Å². The van der Waals surface area contributed by atoms with Crippen molar-refractivity contribution in [1.82, 2.24) is 0 Å². The van der Waals surface area contributed by atoms with Crippen LogP contribution >= 0.6 is 0 Å². The van der Waals surface area contributed by atoms with Gasteiger partial charge in [-0.15, -0.1) is 0 Å². The molecule has 0 bridgehead atoms. The monoisotopic (exact) mass is 460 g/mol. The average molecular weight is 460 g/mol. The summed E-state index contributed by atoms with van der Waals surface area (Å²) in [5, 5.41) is 35.7. The van der Waals surface area contributed by atoms with E-state index in [4.69, 9.17) is 33.7 Å². The summed E-state index contributed by atoms with van der Waals surface area (Å²) in [6.07, 6.45) is 9.71. The summed E-state index contributed by atoms with van der Waals surface area (Å²) in [5.41, 5.74) is 0. The molecule has 0 aromatic carbocycles. The molecular weight excluding hydrogens is 416 g/mol. The van der Waals surface area contributed by atoms with Crippen molar-refractivity contribution in [2.45, 2.75) is 77.0 Å². The van der Waals surface area contributed by atoms with E-state index >= 15 is 0 Å². The molecule has 0 unspecified atom stereocenters. The Kier molecular flexibility index (Phi) is 23.4. The van der Waals surface area contributed by atoms with Crippen LogP contribution in [0.5, 0.6) is 0 Å². The second-order valence-corrected chi connectivity index (χ2v) is 10.4. The van der Waals surface area contributed by atoms with Crippen LogP contribution in [0, 0.1) is 0 Å². The van der Waals surface area contributed by atoms with Crippen LogP contribution in [0.3, 0.4) is 0 Å². The van der Waals surface area contributed by atoms with Gasteiger partial charge in [0, 0.05) is 0 Å². The van der Waals surface area contributed by atoms with Gasteiger partial charge >= 0.3 is 182 Å². The maximum absolute atomic E-state index is 8.93. The Morgan fingerprint density at radius 3 is 0.793 bits per heavy atom. The molecule has 8 nitrogen and oxygen atoms in total. The van der Waals surface area contributed by atoms with Crippen LogP contribution in [0.4, 0.5) is 0 Å². The first-order valence-corrected chi connectivity index (χ1v) is 13.8. The van der Waals surface area contributed by atoms with Crippen molar-refractivity contribution in [1.29, 1.82) is 0 Å². The summed E-state index contributed by atoms with van der Waals surface area (Å²) in [6.45, 7) is 2.61. The summed E-state index contributed by atoms with van der Waals surface area (Å²) >= 11 is -3.89. The Labute approximate surface area is 181 Å². The molecule has 0 amide bonds. The maximum atomic E-state index is 8.93.